The van der Waals surface area contributed by atoms with E-state index in [1.54, 1.807) is 81.5 Å². The summed E-state index contributed by atoms with van der Waals surface area (Å²) in [7, 11) is 3.61. The maximum Gasteiger partial charge on any atom is 0.249 e. The summed E-state index contributed by atoms with van der Waals surface area (Å²) in [4.78, 5) is 95.6. The van der Waals surface area contributed by atoms with Gasteiger partial charge in [0.1, 0.15) is 36.3 Å². The van der Waals surface area contributed by atoms with Crippen molar-refractivity contribution in [1.29, 1.82) is 0 Å². The van der Waals surface area contributed by atoms with E-state index in [0.29, 0.717) is 58.3 Å². The molecule has 5 aliphatic heterocycles. The minimum absolute atomic E-state index is 0.142. The quantitative estimate of drug-likeness (QED) is 0.151. The van der Waals surface area contributed by atoms with E-state index in [4.69, 9.17) is 24.4 Å². The van der Waals surface area contributed by atoms with Crippen LogP contribution in [0.3, 0.4) is 0 Å². The Balaban J connectivity index is 1.06. The van der Waals surface area contributed by atoms with Crippen LogP contribution in [0.25, 0.3) is 0 Å². The molecule has 10 atom stereocenters. The van der Waals surface area contributed by atoms with Crippen molar-refractivity contribution in [2.45, 2.75) is 126 Å². The van der Waals surface area contributed by atoms with Gasteiger partial charge in [0.05, 0.1) is 32.8 Å². The van der Waals surface area contributed by atoms with Gasteiger partial charge in [0.25, 0.3) is 0 Å². The number of nitrogens with zero attached hydrogens (tertiary/aromatic N) is 4. The van der Waals surface area contributed by atoms with Gasteiger partial charge in [0.2, 0.25) is 35.4 Å². The number of carbonyl (C=O) groups is 6. The number of thioether (sulfide) groups is 2. The van der Waals surface area contributed by atoms with Gasteiger partial charge in [0.15, 0.2) is 0 Å². The zero-order valence-electron chi connectivity index (χ0n) is 41.5. The number of thiocarbonyl (C=S) groups is 2. The molecule has 5 saturated heterocycles. The highest BCUT2D eigenvalue weighted by atomic mass is 32.2. The minimum atomic E-state index is -1.06. The lowest BCUT2D eigenvalue weighted by Crippen LogP contribution is -2.60. The average Bonchev–Trinajstić information content (AvgIpc) is 3.67. The Labute approximate surface area is 432 Å². The van der Waals surface area contributed by atoms with Gasteiger partial charge < -0.3 is 51.5 Å². The molecule has 16 nitrogen and oxygen atoms in total. The highest BCUT2D eigenvalue weighted by Gasteiger charge is 2.56. The summed E-state index contributed by atoms with van der Waals surface area (Å²) in [6, 6.07) is 12.9. The van der Waals surface area contributed by atoms with Crippen LogP contribution in [-0.2, 0) is 28.8 Å². The van der Waals surface area contributed by atoms with E-state index < -0.39 is 58.9 Å². The molecule has 0 bridgehead atoms. The van der Waals surface area contributed by atoms with E-state index in [2.05, 4.69) is 31.9 Å². The third kappa shape index (κ3) is 11.5. The van der Waals surface area contributed by atoms with Crippen LogP contribution in [0.5, 0.6) is 0 Å². The summed E-state index contributed by atoms with van der Waals surface area (Å²) in [6.45, 7) is 12.5. The summed E-state index contributed by atoms with van der Waals surface area (Å²) < 4.78 is 0. The number of hydrogen-bond acceptors (Lipinski definition) is 12. The number of amides is 6. The van der Waals surface area contributed by atoms with E-state index in [0.717, 1.165) is 0 Å². The summed E-state index contributed by atoms with van der Waals surface area (Å²) >= 11 is 14.6. The maximum absolute atomic E-state index is 14.7. The molecule has 0 saturated carbocycles. The van der Waals surface area contributed by atoms with Crippen molar-refractivity contribution >= 4 is 93.4 Å². The van der Waals surface area contributed by atoms with Crippen LogP contribution in [0.2, 0.25) is 0 Å². The molecule has 2 aromatic carbocycles. The zero-order chi connectivity index (χ0) is 50.7. The molecule has 1 unspecified atom stereocenters. The van der Waals surface area contributed by atoms with E-state index in [1.807, 2.05) is 77.9 Å². The lowest BCUT2D eigenvalue weighted by Gasteiger charge is -2.39. The Morgan fingerprint density at radius 3 is 1.27 bits per heavy atom. The van der Waals surface area contributed by atoms with E-state index in [9.17, 15) is 28.8 Å². The minimum Gasteiger partial charge on any atom is -0.367 e. The highest BCUT2D eigenvalue weighted by Crippen LogP contribution is 2.48. The molecule has 0 aromatic heterocycles. The van der Waals surface area contributed by atoms with Gasteiger partial charge in [-0.1, -0.05) is 113 Å². The lowest BCUT2D eigenvalue weighted by molar-refractivity contribution is -0.147. The molecule has 2 aromatic rings. The Hall–Kier alpha value is -4.34. The standard InChI is InChI=1S/C50H70N10O6S4/c1-29(51-7)43(67)53-33-19-25-69-35-27-49(3,4)39(59(35)45(33)63)41(61)55-37(31-15-11-9-12-16-31)47(65)57-21-23-58(24-22-57)48(66)38(32-17-13-10-14-18-32)56-42(62)40-50(5,6)28-36-60(40)46(64)34(20-26-70-36)54-44(68)30(2)52-8/h9-18,29-30,33-40,51-52H,19-28H2,1-8H3,(H,53,67)(H,54,68)(H,55,61)(H,56,62)/t29-,30-,33-,34-,35-,36?,37-,38-,39+,40+/m0/s1. The first-order chi connectivity index (χ1) is 33.3. The van der Waals surface area contributed by atoms with E-state index in [1.165, 1.54) is 0 Å². The number of benzene rings is 2. The van der Waals surface area contributed by atoms with Crippen molar-refractivity contribution in [3.63, 3.8) is 0 Å². The topological polar surface area (TPSA) is 188 Å². The zero-order valence-corrected chi connectivity index (χ0v) is 44.8. The Bertz CT molecular complexity index is 2130. The predicted octanol–water partition coefficient (Wildman–Crippen LogP) is 3.34. The summed E-state index contributed by atoms with van der Waals surface area (Å²) in [5, 5.41) is 18.5. The normalized spacial score (nSPS) is 26.9. The molecule has 0 radical (unpaired) electrons. The average molecular weight is 1040 g/mol. The third-order valence-corrected chi connectivity index (χ3v) is 18.1. The van der Waals surface area contributed by atoms with Crippen molar-refractivity contribution in [2.24, 2.45) is 10.8 Å². The second-order valence-corrected chi connectivity index (χ2v) is 23.9. The smallest absolute Gasteiger partial charge is 0.249 e. The number of hydrogen-bond donors (Lipinski definition) is 6. The van der Waals surface area contributed by atoms with Gasteiger partial charge in [-0.05, 0) is 87.1 Å². The monoisotopic (exact) mass is 1030 g/mol. The number of nitrogens with one attached hydrogen (secondary N) is 6. The molecule has 5 fully saturated rings. The van der Waals surface area contributed by atoms with E-state index in [-0.39, 0.29) is 72.6 Å². The van der Waals surface area contributed by atoms with Crippen LogP contribution in [0.1, 0.15) is 90.4 Å². The molecule has 7 rings (SSSR count). The van der Waals surface area contributed by atoms with Crippen molar-refractivity contribution in [3.8, 4) is 0 Å². The molecule has 20 heteroatoms. The number of likely N-dealkylation sites (N-methyl/N-ethyl adjacent to an activating group) is 2. The molecule has 0 spiro atoms. The molecule has 6 amide bonds. The second kappa shape index (κ2) is 22.6. The summed E-state index contributed by atoms with van der Waals surface area (Å²) in [5.41, 5.74) is -0.0168. The molecule has 5 heterocycles. The van der Waals surface area contributed by atoms with Crippen molar-refractivity contribution in [3.05, 3.63) is 71.8 Å². The van der Waals surface area contributed by atoms with Crippen LogP contribution in [0, 0.1) is 10.8 Å². The predicted molar refractivity (Wildman–Crippen MR) is 284 cm³/mol. The van der Waals surface area contributed by atoms with Gasteiger partial charge >= 0.3 is 0 Å². The van der Waals surface area contributed by atoms with Crippen LogP contribution < -0.4 is 31.9 Å². The lowest BCUT2D eigenvalue weighted by atomic mass is 9.83. The van der Waals surface area contributed by atoms with Gasteiger partial charge in [0, 0.05) is 26.2 Å². The molecular weight excluding hydrogens is 965 g/mol. The molecule has 6 N–H and O–H groups in total. The molecular formula is C50H70N10O6S4. The number of rotatable bonds is 14. The highest BCUT2D eigenvalue weighted by molar-refractivity contribution is 8.00. The Morgan fingerprint density at radius 1 is 0.600 bits per heavy atom. The maximum atomic E-state index is 14.7. The van der Waals surface area contributed by atoms with Crippen LogP contribution in [-0.4, -0.2) is 164 Å². The fourth-order valence-electron chi connectivity index (χ4n) is 10.4. The van der Waals surface area contributed by atoms with Gasteiger partial charge in [-0.3, -0.25) is 28.8 Å². The Morgan fingerprint density at radius 2 is 0.943 bits per heavy atom. The first-order valence-electron chi connectivity index (χ1n) is 24.4. The number of fused-ring (bicyclic) bond motifs is 2. The van der Waals surface area contributed by atoms with Crippen molar-refractivity contribution < 1.29 is 28.8 Å². The first kappa shape index (κ1) is 53.5. The number of piperazine rings is 1. The fraction of sp³-hybridized carbons (Fsp3) is 0.600. The van der Waals surface area contributed by atoms with E-state index >= 15 is 0 Å². The second-order valence-electron chi connectivity index (χ2n) is 20.4. The fourth-order valence-corrected chi connectivity index (χ4v) is 14.1. The van der Waals surface area contributed by atoms with Crippen molar-refractivity contribution in [2.75, 3.05) is 51.8 Å². The van der Waals surface area contributed by atoms with Gasteiger partial charge in [-0.25, -0.2) is 0 Å². The van der Waals surface area contributed by atoms with Gasteiger partial charge in [-0.15, -0.1) is 23.5 Å². The molecule has 380 valence electrons. The third-order valence-electron chi connectivity index (χ3n) is 14.6. The molecule has 70 heavy (non-hydrogen) atoms. The largest absolute Gasteiger partial charge is 0.367 e. The van der Waals surface area contributed by atoms with Crippen LogP contribution >= 0.6 is 48.0 Å². The van der Waals surface area contributed by atoms with Crippen LogP contribution in [0.15, 0.2) is 60.7 Å². The summed E-state index contributed by atoms with van der Waals surface area (Å²) in [6.07, 6.45) is 2.33. The van der Waals surface area contributed by atoms with Gasteiger partial charge in [-0.2, -0.15) is 0 Å². The summed E-state index contributed by atoms with van der Waals surface area (Å²) in [5.74, 6) is -0.440. The first-order valence-corrected chi connectivity index (χ1v) is 27.3. The molecule has 5 aliphatic rings. The number of carbonyl (C=O) groups excluding carboxylic acids is 6. The Kier molecular flexibility index (Phi) is 17.3. The van der Waals surface area contributed by atoms with Crippen molar-refractivity contribution in [1.82, 2.24) is 51.5 Å². The molecule has 0 aliphatic carbocycles. The SMILES string of the molecule is CN[C@@H](C)C(=S)N[C@H]1CCSC2CC(C)(C)[C@@H](C(=O)N[C@H](C(=O)N3CCN(C(=O)[C@@H](NC(=O)[C@H]4N5C(=O)[C@@H](NC(=S)[C@H](C)NC)CCS[C@H]5CC4(C)C)c4ccccc4)CC3)c3ccccc3)N2C1=O. The van der Waals surface area contributed by atoms with Crippen LogP contribution in [0.4, 0.5) is 0 Å².